The molecule has 0 saturated heterocycles. The van der Waals surface area contributed by atoms with Gasteiger partial charge in [0.25, 0.3) is 0 Å². The van der Waals surface area contributed by atoms with Gasteiger partial charge in [0.15, 0.2) is 0 Å². The van der Waals surface area contributed by atoms with Crippen LogP contribution < -0.4 is 4.74 Å². The first-order chi connectivity index (χ1) is 14.2. The van der Waals surface area contributed by atoms with E-state index >= 15 is 0 Å². The van der Waals surface area contributed by atoms with Gasteiger partial charge >= 0.3 is 5.97 Å². The first kappa shape index (κ1) is 19.0. The number of esters is 1. The number of hydrogen-bond donors (Lipinski definition) is 0. The molecule has 0 atom stereocenters. The number of nitrogens with zero attached hydrogens (tertiary/aromatic N) is 2. The van der Waals surface area contributed by atoms with Gasteiger partial charge in [-0.25, -0.2) is 9.48 Å². The third-order valence-corrected chi connectivity index (χ3v) is 5.38. The van der Waals surface area contributed by atoms with E-state index in [0.29, 0.717) is 17.0 Å². The normalized spacial score (nSPS) is 10.7. The minimum absolute atomic E-state index is 0.129. The molecule has 5 nitrogen and oxygen atoms in total. The summed E-state index contributed by atoms with van der Waals surface area (Å²) in [6, 6.07) is 19.4. The second-order valence-corrected chi connectivity index (χ2v) is 7.49. The monoisotopic (exact) mass is 404 g/mol. The van der Waals surface area contributed by atoms with Gasteiger partial charge in [-0.15, -0.1) is 11.3 Å². The molecule has 0 N–H and O–H groups in total. The van der Waals surface area contributed by atoms with Crippen molar-refractivity contribution in [3.63, 3.8) is 0 Å². The summed E-state index contributed by atoms with van der Waals surface area (Å²) in [6.07, 6.45) is 1.72. The molecule has 29 heavy (non-hydrogen) atoms. The van der Waals surface area contributed by atoms with E-state index in [1.807, 2.05) is 73.0 Å². The Kier molecular flexibility index (Phi) is 5.44. The Morgan fingerprint density at radius 2 is 1.93 bits per heavy atom. The molecule has 0 amide bonds. The van der Waals surface area contributed by atoms with E-state index < -0.39 is 5.97 Å². The minimum atomic E-state index is -0.417. The third kappa shape index (κ3) is 4.07. The molecule has 0 fully saturated rings. The van der Waals surface area contributed by atoms with Crippen molar-refractivity contribution in [2.75, 3.05) is 7.11 Å². The average molecular weight is 404 g/mol. The summed E-state index contributed by atoms with van der Waals surface area (Å²) in [5, 5.41) is 6.61. The summed E-state index contributed by atoms with van der Waals surface area (Å²) in [7, 11) is 1.61. The van der Waals surface area contributed by atoms with Crippen LogP contribution in [0.1, 0.15) is 21.5 Å². The number of ether oxygens (including phenoxy) is 2. The highest BCUT2D eigenvalue weighted by molar-refractivity contribution is 7.13. The lowest BCUT2D eigenvalue weighted by molar-refractivity contribution is 0.0471. The van der Waals surface area contributed by atoms with E-state index in [-0.39, 0.29) is 6.61 Å². The predicted molar refractivity (Wildman–Crippen MR) is 114 cm³/mol. The van der Waals surface area contributed by atoms with Crippen LogP contribution in [0.2, 0.25) is 0 Å². The SMILES string of the molecule is COc1ccc(C)cc1COC(=O)c1cn(-c2ccccc2)nc1-c1cccs1. The van der Waals surface area contributed by atoms with Crippen LogP contribution in [-0.4, -0.2) is 22.9 Å². The molecular formula is C23H20N2O3S. The fraction of sp³-hybridized carbons (Fsp3) is 0.130. The summed E-state index contributed by atoms with van der Waals surface area (Å²) >= 11 is 1.54. The molecule has 0 aliphatic rings. The molecule has 0 unspecified atom stereocenters. The number of para-hydroxylation sites is 1. The van der Waals surface area contributed by atoms with E-state index in [0.717, 1.165) is 21.7 Å². The molecule has 0 spiro atoms. The number of methoxy groups -OCH3 is 1. The Balaban J connectivity index is 1.64. The predicted octanol–water partition coefficient (Wildman–Crippen LogP) is 5.27. The summed E-state index contributed by atoms with van der Waals surface area (Å²) in [5.41, 5.74) is 3.83. The highest BCUT2D eigenvalue weighted by atomic mass is 32.1. The maximum atomic E-state index is 13.0. The first-order valence-corrected chi connectivity index (χ1v) is 10.0. The summed E-state index contributed by atoms with van der Waals surface area (Å²) < 4.78 is 12.7. The molecule has 0 radical (unpaired) electrons. The van der Waals surface area contributed by atoms with Gasteiger partial charge in [-0.1, -0.05) is 35.9 Å². The minimum Gasteiger partial charge on any atom is -0.496 e. The quantitative estimate of drug-likeness (QED) is 0.411. The lowest BCUT2D eigenvalue weighted by Crippen LogP contribution is -2.06. The topological polar surface area (TPSA) is 53.4 Å². The molecular weight excluding hydrogens is 384 g/mol. The molecule has 2 heterocycles. The molecule has 2 aromatic heterocycles. The van der Waals surface area contributed by atoms with E-state index in [1.165, 1.54) is 11.3 Å². The fourth-order valence-electron chi connectivity index (χ4n) is 3.07. The number of aromatic nitrogens is 2. The lowest BCUT2D eigenvalue weighted by Gasteiger charge is -2.10. The van der Waals surface area contributed by atoms with Gasteiger partial charge in [0, 0.05) is 11.8 Å². The summed E-state index contributed by atoms with van der Waals surface area (Å²) in [4.78, 5) is 13.9. The average Bonchev–Trinajstić information content (AvgIpc) is 3.42. The van der Waals surface area contributed by atoms with Crippen LogP contribution in [0.25, 0.3) is 16.3 Å². The van der Waals surface area contributed by atoms with E-state index in [2.05, 4.69) is 5.10 Å². The van der Waals surface area contributed by atoms with Crippen molar-refractivity contribution >= 4 is 17.3 Å². The Morgan fingerprint density at radius 3 is 2.66 bits per heavy atom. The van der Waals surface area contributed by atoms with Gasteiger partial charge in [-0.05, 0) is 42.6 Å². The zero-order valence-electron chi connectivity index (χ0n) is 16.2. The van der Waals surface area contributed by atoms with Crippen molar-refractivity contribution in [3.8, 4) is 22.0 Å². The molecule has 0 bridgehead atoms. The number of rotatable bonds is 6. The zero-order valence-corrected chi connectivity index (χ0v) is 17.0. The van der Waals surface area contributed by atoms with Gasteiger partial charge in [0.05, 0.1) is 17.7 Å². The maximum Gasteiger partial charge on any atom is 0.342 e. The Labute approximate surface area is 173 Å². The molecule has 6 heteroatoms. The van der Waals surface area contributed by atoms with Crippen LogP contribution in [0.4, 0.5) is 0 Å². The largest absolute Gasteiger partial charge is 0.496 e. The molecule has 4 rings (SSSR count). The summed E-state index contributed by atoms with van der Waals surface area (Å²) in [6.45, 7) is 2.12. The fourth-order valence-corrected chi connectivity index (χ4v) is 3.80. The highest BCUT2D eigenvalue weighted by Crippen LogP contribution is 2.29. The number of thiophene rings is 1. The molecule has 146 valence electrons. The van der Waals surface area contributed by atoms with Crippen LogP contribution in [0.3, 0.4) is 0 Å². The maximum absolute atomic E-state index is 13.0. The molecule has 0 aliphatic carbocycles. The van der Waals surface area contributed by atoms with Crippen molar-refractivity contribution in [2.24, 2.45) is 0 Å². The molecule has 0 aliphatic heterocycles. The van der Waals surface area contributed by atoms with Crippen molar-refractivity contribution in [1.82, 2.24) is 9.78 Å². The molecule has 2 aromatic carbocycles. The van der Waals surface area contributed by atoms with Crippen molar-refractivity contribution < 1.29 is 14.3 Å². The van der Waals surface area contributed by atoms with Crippen LogP contribution in [0, 0.1) is 6.92 Å². The second-order valence-electron chi connectivity index (χ2n) is 6.54. The highest BCUT2D eigenvalue weighted by Gasteiger charge is 2.21. The Bertz CT molecular complexity index is 1120. The van der Waals surface area contributed by atoms with E-state index in [4.69, 9.17) is 9.47 Å². The molecule has 0 saturated carbocycles. The van der Waals surface area contributed by atoms with Gasteiger partial charge in [-0.2, -0.15) is 5.10 Å². The number of carbonyl (C=O) groups is 1. The number of aryl methyl sites for hydroxylation is 1. The lowest BCUT2D eigenvalue weighted by atomic mass is 10.1. The van der Waals surface area contributed by atoms with Gasteiger partial charge < -0.3 is 9.47 Å². The number of carbonyl (C=O) groups excluding carboxylic acids is 1. The Morgan fingerprint density at radius 1 is 1.10 bits per heavy atom. The smallest absolute Gasteiger partial charge is 0.342 e. The number of benzene rings is 2. The zero-order chi connectivity index (χ0) is 20.2. The second kappa shape index (κ2) is 8.32. The third-order valence-electron chi connectivity index (χ3n) is 4.50. The van der Waals surface area contributed by atoms with E-state index in [9.17, 15) is 4.79 Å². The number of hydrogen-bond acceptors (Lipinski definition) is 5. The molecule has 4 aromatic rings. The van der Waals surface area contributed by atoms with Crippen LogP contribution in [0.15, 0.2) is 72.2 Å². The van der Waals surface area contributed by atoms with Crippen LogP contribution in [-0.2, 0) is 11.3 Å². The van der Waals surface area contributed by atoms with Crippen LogP contribution in [0.5, 0.6) is 5.75 Å². The van der Waals surface area contributed by atoms with Crippen molar-refractivity contribution in [2.45, 2.75) is 13.5 Å². The van der Waals surface area contributed by atoms with Crippen molar-refractivity contribution in [3.05, 3.63) is 88.9 Å². The van der Waals surface area contributed by atoms with E-state index in [1.54, 1.807) is 18.0 Å². The standard InChI is InChI=1S/C23H20N2O3S/c1-16-10-11-20(27-2)17(13-16)15-28-23(26)19-14-25(18-7-4-3-5-8-18)24-22(19)21-9-6-12-29-21/h3-14H,15H2,1-2H3. The van der Waals surface area contributed by atoms with Crippen molar-refractivity contribution in [1.29, 1.82) is 0 Å². The first-order valence-electron chi connectivity index (χ1n) is 9.15. The van der Waals surface area contributed by atoms with Gasteiger partial charge in [-0.3, -0.25) is 0 Å². The summed E-state index contributed by atoms with van der Waals surface area (Å²) in [5.74, 6) is 0.279. The van der Waals surface area contributed by atoms with Crippen LogP contribution >= 0.6 is 11.3 Å². The van der Waals surface area contributed by atoms with Gasteiger partial charge in [0.2, 0.25) is 0 Å². The Hall–Kier alpha value is -3.38. The van der Waals surface area contributed by atoms with Gasteiger partial charge in [0.1, 0.15) is 23.6 Å².